The third-order valence-electron chi connectivity index (χ3n) is 4.24. The van der Waals surface area contributed by atoms with Gasteiger partial charge in [0, 0.05) is 18.5 Å². The molecule has 1 aliphatic carbocycles. The number of hydrogen-bond donors (Lipinski definition) is 1. The molecule has 1 saturated heterocycles. The number of amides is 1. The maximum atomic E-state index is 12.0. The molecule has 1 aliphatic heterocycles. The van der Waals surface area contributed by atoms with Crippen LogP contribution in [0.1, 0.15) is 46.5 Å². The molecule has 0 radical (unpaired) electrons. The molecule has 0 aromatic heterocycles. The van der Waals surface area contributed by atoms with E-state index in [0.29, 0.717) is 13.1 Å². The Hall–Kier alpha value is -1.26. The monoisotopic (exact) mass is 269 g/mol. The van der Waals surface area contributed by atoms with Crippen molar-refractivity contribution in [3.63, 3.8) is 0 Å². The largest absolute Gasteiger partial charge is 0.481 e. The van der Waals surface area contributed by atoms with Gasteiger partial charge in [-0.25, -0.2) is 4.79 Å². The number of likely N-dealkylation sites (tertiary alicyclic amines) is 1. The van der Waals surface area contributed by atoms with Crippen LogP contribution in [0, 0.1) is 11.3 Å². The first-order valence-corrected chi connectivity index (χ1v) is 6.94. The first-order chi connectivity index (χ1) is 8.73. The summed E-state index contributed by atoms with van der Waals surface area (Å²) in [6.45, 7) is 6.66. The van der Waals surface area contributed by atoms with Crippen LogP contribution in [0.2, 0.25) is 0 Å². The van der Waals surface area contributed by atoms with Crippen LogP contribution in [0.15, 0.2) is 0 Å². The van der Waals surface area contributed by atoms with E-state index in [1.807, 2.05) is 20.8 Å². The number of carboxylic acids is 1. The highest BCUT2D eigenvalue weighted by Gasteiger charge is 2.51. The molecule has 19 heavy (non-hydrogen) atoms. The molecule has 0 bridgehead atoms. The lowest BCUT2D eigenvalue weighted by molar-refractivity contribution is -0.145. The second-order valence-corrected chi connectivity index (χ2v) is 6.80. The summed E-state index contributed by atoms with van der Waals surface area (Å²) in [4.78, 5) is 25.0. The van der Waals surface area contributed by atoms with Gasteiger partial charge in [-0.15, -0.1) is 0 Å². The summed E-state index contributed by atoms with van der Waals surface area (Å²) in [7, 11) is 0. The van der Waals surface area contributed by atoms with E-state index in [0.717, 1.165) is 25.7 Å². The minimum Gasteiger partial charge on any atom is -0.481 e. The molecule has 108 valence electrons. The fourth-order valence-corrected chi connectivity index (χ4v) is 3.39. The van der Waals surface area contributed by atoms with Gasteiger partial charge < -0.3 is 14.7 Å². The zero-order chi connectivity index (χ0) is 14.3. The highest BCUT2D eigenvalue weighted by molar-refractivity contribution is 5.73. The van der Waals surface area contributed by atoms with Crippen LogP contribution < -0.4 is 0 Å². The highest BCUT2D eigenvalue weighted by atomic mass is 16.6. The lowest BCUT2D eigenvalue weighted by atomic mass is 9.77. The molecule has 5 nitrogen and oxygen atoms in total. The number of aliphatic carboxylic acids is 1. The van der Waals surface area contributed by atoms with Crippen LogP contribution >= 0.6 is 0 Å². The quantitative estimate of drug-likeness (QED) is 0.794. The van der Waals surface area contributed by atoms with Gasteiger partial charge in [0.05, 0.1) is 5.92 Å². The Bertz CT molecular complexity index is 387. The van der Waals surface area contributed by atoms with E-state index < -0.39 is 11.6 Å². The molecule has 1 spiro atoms. The van der Waals surface area contributed by atoms with Gasteiger partial charge in [0.2, 0.25) is 0 Å². The number of carbonyl (C=O) groups is 2. The van der Waals surface area contributed by atoms with Crippen molar-refractivity contribution in [1.29, 1.82) is 0 Å². The summed E-state index contributed by atoms with van der Waals surface area (Å²) < 4.78 is 5.36. The summed E-state index contributed by atoms with van der Waals surface area (Å²) in [5.74, 6) is -1.02. The Morgan fingerprint density at radius 1 is 1.32 bits per heavy atom. The van der Waals surface area contributed by atoms with Crippen molar-refractivity contribution in [3.05, 3.63) is 0 Å². The number of carboxylic acid groups (broad SMARTS) is 1. The van der Waals surface area contributed by atoms with E-state index in [2.05, 4.69) is 0 Å². The molecule has 2 fully saturated rings. The summed E-state index contributed by atoms with van der Waals surface area (Å²) in [6, 6.07) is 0. The van der Waals surface area contributed by atoms with Crippen molar-refractivity contribution in [2.75, 3.05) is 13.1 Å². The third-order valence-corrected chi connectivity index (χ3v) is 4.24. The predicted octanol–water partition coefficient (Wildman–Crippen LogP) is 2.50. The second kappa shape index (κ2) is 4.69. The van der Waals surface area contributed by atoms with Crippen LogP contribution in [0.4, 0.5) is 4.79 Å². The van der Waals surface area contributed by atoms with E-state index in [4.69, 9.17) is 4.74 Å². The molecule has 2 aliphatic rings. The first-order valence-electron chi connectivity index (χ1n) is 6.94. The van der Waals surface area contributed by atoms with Crippen LogP contribution in [0.25, 0.3) is 0 Å². The van der Waals surface area contributed by atoms with E-state index in [1.54, 1.807) is 4.90 Å². The average molecular weight is 269 g/mol. The highest BCUT2D eigenvalue weighted by Crippen LogP contribution is 2.49. The van der Waals surface area contributed by atoms with Gasteiger partial charge in [-0.2, -0.15) is 0 Å². The molecule has 1 heterocycles. The van der Waals surface area contributed by atoms with Crippen molar-refractivity contribution >= 4 is 12.1 Å². The molecule has 0 aromatic carbocycles. The van der Waals surface area contributed by atoms with Gasteiger partial charge in [0.25, 0.3) is 0 Å². The summed E-state index contributed by atoms with van der Waals surface area (Å²) in [6.07, 6.45) is 3.05. The van der Waals surface area contributed by atoms with Crippen molar-refractivity contribution in [2.45, 2.75) is 52.1 Å². The molecule has 0 aromatic rings. The Labute approximate surface area is 113 Å². The number of rotatable bonds is 1. The predicted molar refractivity (Wildman–Crippen MR) is 69.8 cm³/mol. The second-order valence-electron chi connectivity index (χ2n) is 6.80. The van der Waals surface area contributed by atoms with Gasteiger partial charge in [-0.1, -0.05) is 6.42 Å². The molecule has 1 saturated carbocycles. The number of nitrogens with zero attached hydrogens (tertiary/aromatic N) is 1. The van der Waals surface area contributed by atoms with E-state index in [9.17, 15) is 14.7 Å². The molecular weight excluding hydrogens is 246 g/mol. The third kappa shape index (κ3) is 2.85. The molecule has 2 atom stereocenters. The number of carbonyl (C=O) groups excluding carboxylic acids is 1. The number of ether oxygens (including phenoxy) is 1. The van der Waals surface area contributed by atoms with Gasteiger partial charge >= 0.3 is 12.1 Å². The van der Waals surface area contributed by atoms with Crippen LogP contribution in [-0.4, -0.2) is 40.8 Å². The molecule has 1 amide bonds. The van der Waals surface area contributed by atoms with Gasteiger partial charge in [-0.05, 0) is 40.0 Å². The van der Waals surface area contributed by atoms with Crippen molar-refractivity contribution in [1.82, 2.24) is 4.90 Å². The maximum absolute atomic E-state index is 12.0. The molecule has 1 N–H and O–H groups in total. The SMILES string of the molecule is CC(C)(C)OC(=O)N1CCC2(CCCC2C(=O)O)C1. The smallest absolute Gasteiger partial charge is 0.410 e. The topological polar surface area (TPSA) is 66.8 Å². The molecule has 5 heteroatoms. The lowest BCUT2D eigenvalue weighted by Crippen LogP contribution is -2.39. The van der Waals surface area contributed by atoms with Crippen LogP contribution in [0.5, 0.6) is 0 Å². The van der Waals surface area contributed by atoms with Crippen molar-refractivity contribution < 1.29 is 19.4 Å². The van der Waals surface area contributed by atoms with E-state index in [1.165, 1.54) is 0 Å². The van der Waals surface area contributed by atoms with Gasteiger partial charge in [0.15, 0.2) is 0 Å². The van der Waals surface area contributed by atoms with Gasteiger partial charge in [0.1, 0.15) is 5.60 Å². The maximum Gasteiger partial charge on any atom is 0.410 e. The minimum atomic E-state index is -0.719. The Morgan fingerprint density at radius 2 is 2.00 bits per heavy atom. The summed E-state index contributed by atoms with van der Waals surface area (Å²) in [5, 5.41) is 9.32. The normalized spacial score (nSPS) is 30.9. The Kier molecular flexibility index (Phi) is 3.49. The van der Waals surface area contributed by atoms with E-state index >= 15 is 0 Å². The fraction of sp³-hybridized carbons (Fsp3) is 0.857. The standard InChI is InChI=1S/C14H23NO4/c1-13(2,3)19-12(18)15-8-7-14(9-15)6-4-5-10(14)11(16)17/h10H,4-9H2,1-3H3,(H,16,17). The Morgan fingerprint density at radius 3 is 2.58 bits per heavy atom. The first kappa shape index (κ1) is 14.2. The molecular formula is C14H23NO4. The average Bonchev–Trinajstić information content (AvgIpc) is 2.84. The minimum absolute atomic E-state index is 0.220. The fourth-order valence-electron chi connectivity index (χ4n) is 3.39. The Balaban J connectivity index is 2.03. The zero-order valence-electron chi connectivity index (χ0n) is 11.9. The van der Waals surface area contributed by atoms with Crippen LogP contribution in [0.3, 0.4) is 0 Å². The summed E-state index contributed by atoms with van der Waals surface area (Å²) in [5.41, 5.74) is -0.725. The molecule has 2 rings (SSSR count). The molecule has 2 unspecified atom stereocenters. The van der Waals surface area contributed by atoms with Crippen molar-refractivity contribution in [3.8, 4) is 0 Å². The zero-order valence-corrected chi connectivity index (χ0v) is 11.9. The van der Waals surface area contributed by atoms with Crippen LogP contribution in [-0.2, 0) is 9.53 Å². The summed E-state index contributed by atoms with van der Waals surface area (Å²) >= 11 is 0. The van der Waals surface area contributed by atoms with Crippen molar-refractivity contribution in [2.24, 2.45) is 11.3 Å². The van der Waals surface area contributed by atoms with E-state index in [-0.39, 0.29) is 17.4 Å². The lowest BCUT2D eigenvalue weighted by Gasteiger charge is -2.29. The van der Waals surface area contributed by atoms with Gasteiger partial charge in [-0.3, -0.25) is 4.79 Å². The number of hydrogen-bond acceptors (Lipinski definition) is 3.